The average Bonchev–Trinajstić information content (AvgIpc) is 1.67. The number of rotatable bonds is 40. The van der Waals surface area contributed by atoms with Crippen molar-refractivity contribution in [3.05, 3.63) is 179 Å². The van der Waals surface area contributed by atoms with Gasteiger partial charge in [0, 0.05) is 99.5 Å². The predicted octanol–water partition coefficient (Wildman–Crippen LogP) is -3.60. The molecule has 7 aromatic rings. The first-order chi connectivity index (χ1) is 63.7. The zero-order valence-corrected chi connectivity index (χ0v) is 76.3. The molecule has 7 aliphatic heterocycles. The van der Waals surface area contributed by atoms with Crippen molar-refractivity contribution < 1.29 is 168 Å². The first kappa shape index (κ1) is 103. The molecule has 0 spiro atoms. The maximum Gasteiger partial charge on any atom is 0.472 e. The number of aliphatic hydroxyl groups is 1. The normalized spacial score (nSPS) is 30.2. The molecule has 0 aromatic carbocycles. The van der Waals surface area contributed by atoms with Crippen molar-refractivity contribution in [2.24, 2.45) is 0 Å². The lowest BCUT2D eigenvalue weighted by Gasteiger charge is -2.26. The van der Waals surface area contributed by atoms with Crippen molar-refractivity contribution in [3.63, 3.8) is 0 Å². The third-order valence-corrected chi connectivity index (χ3v) is 28.0. The number of nitrogens with two attached hydrogens (primary N) is 5. The topological polar surface area (TPSA) is 900 Å². The first-order valence-electron chi connectivity index (χ1n) is 40.0. The van der Waals surface area contributed by atoms with E-state index in [2.05, 4.69) is 39.4 Å². The average molecular weight is 2070 g/mol. The summed E-state index contributed by atoms with van der Waals surface area (Å²) in [5.74, 6) is -1.34. The van der Waals surface area contributed by atoms with Crippen molar-refractivity contribution in [1.82, 2.24) is 66.9 Å². The van der Waals surface area contributed by atoms with Crippen LogP contribution < -0.4 is 79.6 Å². The van der Waals surface area contributed by atoms with E-state index in [0.29, 0.717) is 0 Å². The lowest BCUT2D eigenvalue weighted by molar-refractivity contribution is -0.0661. The Morgan fingerprint density at radius 3 is 0.721 bits per heavy atom. The second kappa shape index (κ2) is 41.6. The van der Waals surface area contributed by atoms with Crippen molar-refractivity contribution >= 4 is 83.8 Å². The number of aromatic nitrogens is 14. The first-order valence-corrected chi connectivity index (χ1v) is 50.5. The number of ether oxygens (including phenoxy) is 7. The molecule has 748 valence electrons. The molecule has 136 heavy (non-hydrogen) atoms. The summed E-state index contributed by atoms with van der Waals surface area (Å²) in [7, 11) is -38.9. The largest absolute Gasteiger partial charge is 0.472 e. The van der Waals surface area contributed by atoms with Crippen LogP contribution in [0.3, 0.4) is 0 Å². The number of hydrogen-bond donors (Lipinski definition) is 16. The highest BCUT2D eigenvalue weighted by Crippen LogP contribution is 2.58. The van der Waals surface area contributed by atoms with E-state index in [4.69, 9.17) is 116 Å². The zero-order valence-electron chi connectivity index (χ0n) is 70.1. The predicted molar refractivity (Wildman–Crippen MR) is 444 cm³/mol. The summed E-state index contributed by atoms with van der Waals surface area (Å²) in [6.45, 7) is -5.11. The van der Waals surface area contributed by atoms with Gasteiger partial charge in [0.1, 0.15) is 152 Å². The molecule has 7 fully saturated rings. The molecule has 71 heteroatoms. The SMILES string of the molecule is Cc1cn(C2CC(O)C(COP(=O)(O)OC3CC(n4cc(C)c(=O)[nH]c4=O)OC3COP(=O)(O)OC3CC(n4ccc(N)nc4=O)OC3COP(=O)(O)OC3CC(n4ccc(N)nc4=O)OC3COP(=O)(O)OC3CC(n4ccc(N)nc4=O)OC3COP(=O)(O)OC3CC(n4ccc(N)nc4=O)OC3COP(=O)(O)OC3CC(n4ccc(N)nc4=O)OC3COP(=O)(O)O)O2)c(=O)[nH]c1=O. The fourth-order valence-corrected chi connectivity index (χ4v) is 21.1. The van der Waals surface area contributed by atoms with Gasteiger partial charge >= 0.3 is 94.6 Å². The second-order valence-electron chi connectivity index (χ2n) is 31.0. The summed E-state index contributed by atoms with van der Waals surface area (Å²) in [5, 5.41) is 10.9. The Morgan fingerprint density at radius 1 is 0.316 bits per heavy atom. The van der Waals surface area contributed by atoms with Gasteiger partial charge < -0.3 is 106 Å². The lowest BCUT2D eigenvalue weighted by atomic mass is 10.2. The van der Waals surface area contributed by atoms with Crippen molar-refractivity contribution in [1.29, 1.82) is 0 Å². The lowest BCUT2D eigenvalue weighted by Crippen LogP contribution is -2.33. The Balaban J connectivity index is 0.647. The molecule has 0 aliphatic carbocycles. The number of aliphatic hydroxyl groups excluding tert-OH is 1. The third-order valence-electron chi connectivity index (χ3n) is 21.4. The minimum absolute atomic E-state index is 0.0344. The Bertz CT molecular complexity index is 6540. The van der Waals surface area contributed by atoms with Crippen molar-refractivity contribution in [3.8, 4) is 0 Å². The number of aromatic amines is 2. The zero-order chi connectivity index (χ0) is 98.4. The number of phosphoric acid groups is 7. The molecule has 7 aromatic heterocycles. The van der Waals surface area contributed by atoms with Crippen LogP contribution in [0.5, 0.6) is 0 Å². The van der Waals surface area contributed by atoms with Crippen LogP contribution in [0.2, 0.25) is 0 Å². The number of aryl methyl sites for hydroxylation is 2. The molecule has 7 aliphatic rings. The molecule has 0 bridgehead atoms. The molecule has 0 saturated carbocycles. The van der Waals surface area contributed by atoms with Crippen LogP contribution in [0.25, 0.3) is 0 Å². The molecule has 7 saturated heterocycles. The van der Waals surface area contributed by atoms with Gasteiger partial charge in [-0.15, -0.1) is 0 Å². The number of hydrogen-bond acceptors (Lipinski definition) is 47. The van der Waals surface area contributed by atoms with Gasteiger partial charge in [0.25, 0.3) is 11.1 Å². The highest BCUT2D eigenvalue weighted by molar-refractivity contribution is 7.49. The van der Waals surface area contributed by atoms with Crippen LogP contribution in [0.4, 0.5) is 29.1 Å². The van der Waals surface area contributed by atoms with E-state index in [1.54, 1.807) is 0 Å². The number of nitrogens with zero attached hydrogens (tertiary/aromatic N) is 12. The monoisotopic (exact) mass is 2070 g/mol. The quantitative estimate of drug-likeness (QED) is 0.0165. The molecule has 14 heterocycles. The minimum atomic E-state index is -5.73. The van der Waals surface area contributed by atoms with Crippen LogP contribution in [-0.2, 0) is 124 Å². The maximum absolute atomic E-state index is 14.4. The van der Waals surface area contributed by atoms with Crippen LogP contribution >= 0.6 is 54.8 Å². The van der Waals surface area contributed by atoms with Gasteiger partial charge in [-0.3, -0.25) is 110 Å². The highest BCUT2D eigenvalue weighted by atomic mass is 31.2. The number of phosphoric ester groups is 7. The fourth-order valence-electron chi connectivity index (χ4n) is 15.0. The molecule has 14 rings (SSSR count). The smallest absolute Gasteiger partial charge is 0.390 e. The second-order valence-corrected chi connectivity index (χ2v) is 40.7. The van der Waals surface area contributed by atoms with E-state index in [0.717, 1.165) is 99.6 Å². The number of nitrogen functional groups attached to an aromatic ring is 5. The van der Waals surface area contributed by atoms with Gasteiger partial charge in [-0.1, -0.05) is 0 Å². The Kier molecular flexibility index (Phi) is 31.5. The van der Waals surface area contributed by atoms with Gasteiger partial charge in [-0.05, 0) is 44.2 Å². The molecule has 27 atom stereocenters. The number of nitrogens with one attached hydrogen (secondary N) is 2. The highest BCUT2D eigenvalue weighted by Gasteiger charge is 2.53. The van der Waals surface area contributed by atoms with Crippen LogP contribution in [0.15, 0.2) is 117 Å². The van der Waals surface area contributed by atoms with Crippen LogP contribution in [0.1, 0.15) is 99.7 Å². The van der Waals surface area contributed by atoms with Crippen LogP contribution in [0, 0.1) is 13.8 Å². The van der Waals surface area contributed by atoms with Crippen LogP contribution in [-0.4, -0.2) is 243 Å². The maximum atomic E-state index is 14.4. The van der Waals surface area contributed by atoms with Gasteiger partial charge in [0.15, 0.2) is 0 Å². The molecular weight excluding hydrogens is 1980 g/mol. The Hall–Kier alpha value is -8.79. The summed E-state index contributed by atoms with van der Waals surface area (Å²) in [6, 6.07) is 5.75. The summed E-state index contributed by atoms with van der Waals surface area (Å²) < 4.78 is 214. The summed E-state index contributed by atoms with van der Waals surface area (Å²) in [5.41, 5.74) is 19.8. The molecule has 64 nitrogen and oxygen atoms in total. The third kappa shape index (κ3) is 26.1. The van der Waals surface area contributed by atoms with Gasteiger partial charge in [-0.25, -0.2) is 65.5 Å². The Morgan fingerprint density at radius 2 is 0.507 bits per heavy atom. The fraction of sp³-hybridized carbons (Fsp3) is 0.569. The van der Waals surface area contributed by atoms with Gasteiger partial charge in [-0.2, -0.15) is 24.9 Å². The van der Waals surface area contributed by atoms with E-state index in [9.17, 15) is 119 Å². The van der Waals surface area contributed by atoms with Gasteiger partial charge in [0.2, 0.25) is 0 Å². The molecular formula is C65H88N19O45P7. The van der Waals surface area contributed by atoms with E-state index in [1.165, 1.54) is 19.9 Å². The summed E-state index contributed by atoms with van der Waals surface area (Å²) >= 11 is 0. The number of anilines is 5. The minimum Gasteiger partial charge on any atom is -0.390 e. The Labute approximate surface area is 757 Å². The standard InChI is InChI=1S/C65H88N19O45P7/c1-29-20-83(64(93)76-57(29)86)50-13-31(85)38(117-50)22-111-131(98,99)129-37-19-56(84-21-30(2)58(87)77-65(84)94)123-44(37)28-116-136(108,109)128-36-18-55(82-12-7-49(70)75-63(82)92)122-43(36)27-115-135(106,107)127-35-17-54(81-11-6-48(69)74-62(81)91)121-42(35)26-114-134(104,105)126-34-16-53(80-10-5-47(68)73-61(80)90)120-41(34)25-113-133(102,103)125-33-15-52(79-9-4-46(67)72-60(79)89)119-40(33)24-112-132(100,101)124-32-14-51(78-8-3-45(66)71-59(78)88)118-39(32)23-110-130(95,96)97/h3-12,20-21,31-44,50-56,85H,13-19,22-28H2,1-2H3,(H,98,99)(H,100,101)(H,102,103)(H,104,105)(H,106,107)(H,108,109)(H2,66,71,88)(H2,67,72,89)(H2,68,73,90)(H2,69,74,91)(H2,70,75,92)(H,76,86,93)(H,77,87,94)(H2,95,96,97). The van der Waals surface area contributed by atoms with Gasteiger partial charge in [0.05, 0.1) is 52.4 Å². The van der Waals surface area contributed by atoms with Crippen molar-refractivity contribution in [2.75, 3.05) is 74.9 Å². The van der Waals surface area contributed by atoms with Crippen molar-refractivity contribution in [2.45, 2.75) is 188 Å². The molecule has 0 radical (unpaired) electrons. The molecule has 0 amide bonds. The molecule has 21 N–H and O–H groups in total. The van der Waals surface area contributed by atoms with E-state index in [-0.39, 0.29) is 46.6 Å². The van der Waals surface area contributed by atoms with E-state index in [1.807, 2.05) is 0 Å². The molecule has 27 unspecified atom stereocenters. The summed E-state index contributed by atoms with van der Waals surface area (Å²) in [4.78, 5) is 226. The number of H-pyrrole nitrogens is 2. The van der Waals surface area contributed by atoms with E-state index < -0.39 is 320 Å². The summed E-state index contributed by atoms with van der Waals surface area (Å²) in [6.07, 6.45) is -31.1. The van der Waals surface area contributed by atoms with E-state index >= 15 is 0 Å².